The van der Waals surface area contributed by atoms with Gasteiger partial charge in [-0.25, -0.2) is 9.97 Å². The molecular weight excluding hydrogens is 280 g/mol. The number of rotatable bonds is 1. The standard InChI is InChI=1S/C12H11BrN4/c13-7-4-5-10(15-6-7)12-16-9-3-1-2-8(9)11(14)17-12/h4-6H,1-3H2,(H2,14,16,17). The van der Waals surface area contributed by atoms with Gasteiger partial charge in [0.1, 0.15) is 11.5 Å². The lowest BCUT2D eigenvalue weighted by atomic mass is 10.2. The van der Waals surface area contributed by atoms with E-state index in [0.717, 1.165) is 40.7 Å². The minimum Gasteiger partial charge on any atom is -0.383 e. The van der Waals surface area contributed by atoms with Crippen molar-refractivity contribution in [1.29, 1.82) is 0 Å². The van der Waals surface area contributed by atoms with Crippen molar-refractivity contribution in [3.8, 4) is 11.5 Å². The van der Waals surface area contributed by atoms with Gasteiger partial charge in [-0.3, -0.25) is 4.98 Å². The van der Waals surface area contributed by atoms with Crippen LogP contribution in [0.3, 0.4) is 0 Å². The summed E-state index contributed by atoms with van der Waals surface area (Å²) in [7, 11) is 0. The predicted octanol–water partition coefficient (Wildman–Crippen LogP) is 2.37. The fourth-order valence-electron chi connectivity index (χ4n) is 2.08. The summed E-state index contributed by atoms with van der Waals surface area (Å²) in [6.07, 6.45) is 4.84. The van der Waals surface area contributed by atoms with Crippen molar-refractivity contribution in [1.82, 2.24) is 15.0 Å². The molecule has 0 saturated heterocycles. The van der Waals surface area contributed by atoms with Crippen molar-refractivity contribution in [3.63, 3.8) is 0 Å². The number of pyridine rings is 1. The van der Waals surface area contributed by atoms with Crippen LogP contribution >= 0.6 is 15.9 Å². The van der Waals surface area contributed by atoms with Gasteiger partial charge in [0, 0.05) is 21.9 Å². The highest BCUT2D eigenvalue weighted by Crippen LogP contribution is 2.26. The number of hydrogen-bond acceptors (Lipinski definition) is 4. The molecule has 0 saturated carbocycles. The molecule has 1 aliphatic rings. The van der Waals surface area contributed by atoms with Gasteiger partial charge in [-0.05, 0) is 47.3 Å². The zero-order chi connectivity index (χ0) is 11.8. The number of anilines is 1. The molecule has 0 bridgehead atoms. The summed E-state index contributed by atoms with van der Waals surface area (Å²) in [5, 5.41) is 0. The van der Waals surface area contributed by atoms with Crippen LogP contribution in [0.25, 0.3) is 11.5 Å². The smallest absolute Gasteiger partial charge is 0.180 e. The Morgan fingerprint density at radius 3 is 2.82 bits per heavy atom. The average Bonchev–Trinajstić information content (AvgIpc) is 2.78. The van der Waals surface area contributed by atoms with Crippen LogP contribution in [0, 0.1) is 0 Å². The monoisotopic (exact) mass is 290 g/mol. The van der Waals surface area contributed by atoms with Gasteiger partial charge in [0.2, 0.25) is 0 Å². The Kier molecular flexibility index (Phi) is 2.55. The number of fused-ring (bicyclic) bond motifs is 1. The van der Waals surface area contributed by atoms with Crippen molar-refractivity contribution < 1.29 is 0 Å². The molecule has 2 N–H and O–H groups in total. The van der Waals surface area contributed by atoms with Gasteiger partial charge in [-0.1, -0.05) is 0 Å². The number of hydrogen-bond donors (Lipinski definition) is 1. The second kappa shape index (κ2) is 4.07. The van der Waals surface area contributed by atoms with E-state index in [-0.39, 0.29) is 0 Å². The van der Waals surface area contributed by atoms with Crippen LogP contribution in [-0.4, -0.2) is 15.0 Å². The molecule has 0 aliphatic heterocycles. The van der Waals surface area contributed by atoms with Crippen LogP contribution in [0.4, 0.5) is 5.82 Å². The quantitative estimate of drug-likeness (QED) is 0.876. The molecule has 2 aromatic heterocycles. The highest BCUT2D eigenvalue weighted by atomic mass is 79.9. The van der Waals surface area contributed by atoms with Crippen LogP contribution in [-0.2, 0) is 12.8 Å². The van der Waals surface area contributed by atoms with Crippen molar-refractivity contribution in [2.75, 3.05) is 5.73 Å². The highest BCUT2D eigenvalue weighted by molar-refractivity contribution is 9.10. The van der Waals surface area contributed by atoms with E-state index in [1.54, 1.807) is 6.20 Å². The molecule has 0 atom stereocenters. The molecule has 3 rings (SSSR count). The van der Waals surface area contributed by atoms with E-state index in [1.165, 1.54) is 0 Å². The number of nitrogens with zero attached hydrogens (tertiary/aromatic N) is 3. The summed E-state index contributed by atoms with van der Waals surface area (Å²) < 4.78 is 0.940. The summed E-state index contributed by atoms with van der Waals surface area (Å²) in [6, 6.07) is 3.81. The Morgan fingerprint density at radius 2 is 2.06 bits per heavy atom. The second-order valence-corrected chi connectivity index (χ2v) is 4.99. The Labute approximate surface area is 107 Å². The number of nitrogens with two attached hydrogens (primary N) is 1. The molecule has 0 fully saturated rings. The molecule has 2 aromatic rings. The summed E-state index contributed by atoms with van der Waals surface area (Å²) in [4.78, 5) is 13.2. The Bertz CT molecular complexity index is 565. The molecule has 86 valence electrons. The lowest BCUT2D eigenvalue weighted by Gasteiger charge is -2.05. The fraction of sp³-hybridized carbons (Fsp3) is 0.250. The van der Waals surface area contributed by atoms with Crippen LogP contribution in [0.15, 0.2) is 22.8 Å². The molecule has 0 aromatic carbocycles. The van der Waals surface area contributed by atoms with Crippen molar-refractivity contribution in [2.24, 2.45) is 0 Å². The Hall–Kier alpha value is -1.49. The number of aryl methyl sites for hydroxylation is 1. The van der Waals surface area contributed by atoms with Gasteiger partial charge in [-0.15, -0.1) is 0 Å². The highest BCUT2D eigenvalue weighted by Gasteiger charge is 2.18. The van der Waals surface area contributed by atoms with Crippen molar-refractivity contribution in [3.05, 3.63) is 34.1 Å². The number of halogens is 1. The first-order valence-electron chi connectivity index (χ1n) is 5.51. The maximum atomic E-state index is 5.95. The molecular formula is C12H11BrN4. The van der Waals surface area contributed by atoms with Crippen molar-refractivity contribution in [2.45, 2.75) is 19.3 Å². The van der Waals surface area contributed by atoms with E-state index >= 15 is 0 Å². The molecule has 0 spiro atoms. The van der Waals surface area contributed by atoms with E-state index < -0.39 is 0 Å². The maximum absolute atomic E-state index is 5.95. The van der Waals surface area contributed by atoms with E-state index in [1.807, 2.05) is 12.1 Å². The zero-order valence-electron chi connectivity index (χ0n) is 9.15. The lowest BCUT2D eigenvalue weighted by Crippen LogP contribution is -2.03. The molecule has 4 nitrogen and oxygen atoms in total. The van der Waals surface area contributed by atoms with Gasteiger partial charge in [0.15, 0.2) is 5.82 Å². The van der Waals surface area contributed by atoms with E-state index in [9.17, 15) is 0 Å². The minimum absolute atomic E-state index is 0.604. The SMILES string of the molecule is Nc1nc(-c2ccc(Br)cn2)nc2c1CCC2. The van der Waals surface area contributed by atoms with Crippen LogP contribution in [0.5, 0.6) is 0 Å². The van der Waals surface area contributed by atoms with Gasteiger partial charge < -0.3 is 5.73 Å². The summed E-state index contributed by atoms with van der Waals surface area (Å²) >= 11 is 3.35. The minimum atomic E-state index is 0.604. The van der Waals surface area contributed by atoms with Crippen LogP contribution < -0.4 is 5.73 Å². The fourth-order valence-corrected chi connectivity index (χ4v) is 2.32. The van der Waals surface area contributed by atoms with Crippen LogP contribution in [0.1, 0.15) is 17.7 Å². The number of nitrogen functional groups attached to an aromatic ring is 1. The molecule has 0 radical (unpaired) electrons. The normalized spacial score (nSPS) is 13.7. The van der Waals surface area contributed by atoms with Gasteiger partial charge in [0.25, 0.3) is 0 Å². The second-order valence-electron chi connectivity index (χ2n) is 4.07. The summed E-state index contributed by atoms with van der Waals surface area (Å²) in [5.41, 5.74) is 8.91. The molecule has 1 aliphatic carbocycles. The Morgan fingerprint density at radius 1 is 1.18 bits per heavy atom. The average molecular weight is 291 g/mol. The molecule has 5 heteroatoms. The van der Waals surface area contributed by atoms with E-state index in [2.05, 4.69) is 30.9 Å². The number of aromatic nitrogens is 3. The van der Waals surface area contributed by atoms with E-state index in [4.69, 9.17) is 5.73 Å². The predicted molar refractivity (Wildman–Crippen MR) is 69.4 cm³/mol. The summed E-state index contributed by atoms with van der Waals surface area (Å²) in [5.74, 6) is 1.22. The first kappa shape index (κ1) is 10.7. The lowest BCUT2D eigenvalue weighted by molar-refractivity contribution is 0.899. The molecule has 17 heavy (non-hydrogen) atoms. The Balaban J connectivity index is 2.10. The molecule has 0 amide bonds. The topological polar surface area (TPSA) is 64.7 Å². The van der Waals surface area contributed by atoms with Crippen molar-refractivity contribution >= 4 is 21.7 Å². The largest absolute Gasteiger partial charge is 0.383 e. The van der Waals surface area contributed by atoms with Gasteiger partial charge in [-0.2, -0.15) is 0 Å². The first-order valence-corrected chi connectivity index (χ1v) is 6.30. The van der Waals surface area contributed by atoms with Crippen LogP contribution in [0.2, 0.25) is 0 Å². The zero-order valence-corrected chi connectivity index (χ0v) is 10.7. The third-order valence-corrected chi connectivity index (χ3v) is 3.39. The summed E-state index contributed by atoms with van der Waals surface area (Å²) in [6.45, 7) is 0. The van der Waals surface area contributed by atoms with Gasteiger partial charge in [0.05, 0.1) is 0 Å². The third-order valence-electron chi connectivity index (χ3n) is 2.92. The first-order chi connectivity index (χ1) is 8.24. The maximum Gasteiger partial charge on any atom is 0.180 e. The third kappa shape index (κ3) is 1.91. The molecule has 0 unspecified atom stereocenters. The molecule has 2 heterocycles. The van der Waals surface area contributed by atoms with E-state index in [0.29, 0.717) is 11.6 Å². The van der Waals surface area contributed by atoms with Gasteiger partial charge >= 0.3 is 0 Å².